The predicted octanol–water partition coefficient (Wildman–Crippen LogP) is 4.04. The topological polar surface area (TPSA) is 72.4 Å². The standard InChI is InChI=1S/C17H16ClN3O3/c1-2-9-21(17(22)12-5-7-13(18)8-6-12)11-15-19-20-16(24-15)14-4-3-10-23-14/h3-8,10H,2,9,11H2,1H3. The first-order valence-corrected chi connectivity index (χ1v) is 7.96. The molecule has 0 bridgehead atoms. The minimum absolute atomic E-state index is 0.105. The maximum Gasteiger partial charge on any atom is 0.283 e. The number of hydrogen-bond acceptors (Lipinski definition) is 5. The average Bonchev–Trinajstić information content (AvgIpc) is 3.26. The molecule has 1 aromatic carbocycles. The molecule has 1 amide bonds. The number of furan rings is 1. The van der Waals surface area contributed by atoms with Crippen LogP contribution in [0.25, 0.3) is 11.7 Å². The molecule has 2 heterocycles. The Labute approximate surface area is 144 Å². The molecule has 0 unspecified atom stereocenters. The van der Waals surface area contributed by atoms with Crippen molar-refractivity contribution in [2.75, 3.05) is 6.54 Å². The molecular formula is C17H16ClN3O3. The lowest BCUT2D eigenvalue weighted by Crippen LogP contribution is -2.31. The molecule has 0 radical (unpaired) electrons. The first-order chi connectivity index (χ1) is 11.7. The van der Waals surface area contributed by atoms with E-state index in [4.69, 9.17) is 20.4 Å². The second kappa shape index (κ2) is 7.31. The van der Waals surface area contributed by atoms with Crippen molar-refractivity contribution in [3.63, 3.8) is 0 Å². The summed E-state index contributed by atoms with van der Waals surface area (Å²) in [4.78, 5) is 14.3. The van der Waals surface area contributed by atoms with Gasteiger partial charge in [-0.25, -0.2) is 0 Å². The van der Waals surface area contributed by atoms with Crippen LogP contribution in [0.3, 0.4) is 0 Å². The van der Waals surface area contributed by atoms with Crippen LogP contribution < -0.4 is 0 Å². The predicted molar refractivity (Wildman–Crippen MR) is 88.5 cm³/mol. The molecule has 3 aromatic rings. The summed E-state index contributed by atoms with van der Waals surface area (Å²) in [6.07, 6.45) is 2.35. The second-order valence-corrected chi connectivity index (χ2v) is 5.65. The zero-order chi connectivity index (χ0) is 16.9. The normalized spacial score (nSPS) is 10.8. The summed E-state index contributed by atoms with van der Waals surface area (Å²) in [5.74, 6) is 1.05. The Kier molecular flexibility index (Phi) is 4.96. The molecule has 0 saturated carbocycles. The van der Waals surface area contributed by atoms with Gasteiger partial charge < -0.3 is 13.7 Å². The van der Waals surface area contributed by atoms with Crippen molar-refractivity contribution in [1.29, 1.82) is 0 Å². The quantitative estimate of drug-likeness (QED) is 0.674. The first-order valence-electron chi connectivity index (χ1n) is 7.58. The van der Waals surface area contributed by atoms with E-state index in [1.54, 1.807) is 41.3 Å². The Bertz CT molecular complexity index is 797. The number of halogens is 1. The lowest BCUT2D eigenvalue weighted by Gasteiger charge is -2.20. The van der Waals surface area contributed by atoms with Gasteiger partial charge in [-0.1, -0.05) is 18.5 Å². The third-order valence-corrected chi connectivity index (χ3v) is 3.65. The van der Waals surface area contributed by atoms with Crippen molar-refractivity contribution in [1.82, 2.24) is 15.1 Å². The number of benzene rings is 1. The van der Waals surface area contributed by atoms with E-state index < -0.39 is 0 Å². The fourth-order valence-electron chi connectivity index (χ4n) is 2.28. The van der Waals surface area contributed by atoms with Crippen molar-refractivity contribution in [3.8, 4) is 11.7 Å². The number of hydrogen-bond donors (Lipinski definition) is 0. The van der Waals surface area contributed by atoms with Crippen LogP contribution in [0.15, 0.2) is 51.5 Å². The highest BCUT2D eigenvalue weighted by Gasteiger charge is 2.19. The van der Waals surface area contributed by atoms with Crippen LogP contribution in [0.1, 0.15) is 29.6 Å². The van der Waals surface area contributed by atoms with Crippen molar-refractivity contribution >= 4 is 17.5 Å². The highest BCUT2D eigenvalue weighted by molar-refractivity contribution is 6.30. The molecule has 7 heteroatoms. The van der Waals surface area contributed by atoms with Crippen LogP contribution in [-0.2, 0) is 6.54 Å². The minimum atomic E-state index is -0.105. The number of carbonyl (C=O) groups is 1. The van der Waals surface area contributed by atoms with Crippen LogP contribution in [-0.4, -0.2) is 27.5 Å². The van der Waals surface area contributed by atoms with Crippen LogP contribution >= 0.6 is 11.6 Å². The number of rotatable bonds is 6. The minimum Gasteiger partial charge on any atom is -0.459 e. The smallest absolute Gasteiger partial charge is 0.283 e. The van der Waals surface area contributed by atoms with Gasteiger partial charge in [0.05, 0.1) is 12.8 Å². The summed E-state index contributed by atoms with van der Waals surface area (Å²) < 4.78 is 10.8. The molecule has 124 valence electrons. The molecule has 3 rings (SSSR count). The van der Waals surface area contributed by atoms with Crippen molar-refractivity contribution < 1.29 is 13.6 Å². The van der Waals surface area contributed by atoms with Crippen LogP contribution in [0, 0.1) is 0 Å². The van der Waals surface area contributed by atoms with Crippen molar-refractivity contribution in [2.45, 2.75) is 19.9 Å². The largest absolute Gasteiger partial charge is 0.459 e. The maximum absolute atomic E-state index is 12.7. The number of carbonyl (C=O) groups excluding carboxylic acids is 1. The van der Waals surface area contributed by atoms with Gasteiger partial charge in [0.15, 0.2) is 5.76 Å². The Morgan fingerprint density at radius 1 is 1.21 bits per heavy atom. The summed E-state index contributed by atoms with van der Waals surface area (Å²) in [6.45, 7) is 2.83. The molecule has 6 nitrogen and oxygen atoms in total. The molecule has 0 N–H and O–H groups in total. The van der Waals surface area contributed by atoms with Crippen LogP contribution in [0.4, 0.5) is 0 Å². The summed E-state index contributed by atoms with van der Waals surface area (Å²) in [5.41, 5.74) is 0.568. The van der Waals surface area contributed by atoms with Gasteiger partial charge in [-0.15, -0.1) is 10.2 Å². The number of nitrogens with zero attached hydrogens (tertiary/aromatic N) is 3. The highest BCUT2D eigenvalue weighted by atomic mass is 35.5. The van der Waals surface area contributed by atoms with E-state index in [1.807, 2.05) is 6.92 Å². The fraction of sp³-hybridized carbons (Fsp3) is 0.235. The van der Waals surface area contributed by atoms with Gasteiger partial charge in [0.25, 0.3) is 11.8 Å². The van der Waals surface area contributed by atoms with E-state index >= 15 is 0 Å². The second-order valence-electron chi connectivity index (χ2n) is 5.21. The highest BCUT2D eigenvalue weighted by Crippen LogP contribution is 2.19. The zero-order valence-electron chi connectivity index (χ0n) is 13.1. The van der Waals surface area contributed by atoms with E-state index in [9.17, 15) is 4.79 Å². The average molecular weight is 346 g/mol. The SMILES string of the molecule is CCCN(Cc1nnc(-c2ccco2)o1)C(=O)c1ccc(Cl)cc1. The van der Waals surface area contributed by atoms with Gasteiger partial charge in [-0.05, 0) is 42.8 Å². The van der Waals surface area contributed by atoms with Gasteiger partial charge in [0.1, 0.15) is 0 Å². The third-order valence-electron chi connectivity index (χ3n) is 3.40. The Morgan fingerprint density at radius 2 is 2.00 bits per heavy atom. The summed E-state index contributed by atoms with van der Waals surface area (Å²) in [7, 11) is 0. The molecule has 0 spiro atoms. The van der Waals surface area contributed by atoms with Crippen LogP contribution in [0.5, 0.6) is 0 Å². The molecule has 0 aliphatic carbocycles. The molecule has 2 aromatic heterocycles. The summed E-state index contributed by atoms with van der Waals surface area (Å²) in [5, 5.41) is 8.53. The molecule has 0 atom stereocenters. The monoisotopic (exact) mass is 345 g/mol. The molecule has 24 heavy (non-hydrogen) atoms. The fourth-order valence-corrected chi connectivity index (χ4v) is 2.40. The molecular weight excluding hydrogens is 330 g/mol. The third kappa shape index (κ3) is 3.65. The van der Waals surface area contributed by atoms with Gasteiger partial charge in [0.2, 0.25) is 5.89 Å². The van der Waals surface area contributed by atoms with Gasteiger partial charge in [0, 0.05) is 17.1 Å². The van der Waals surface area contributed by atoms with Crippen molar-refractivity contribution in [2.24, 2.45) is 0 Å². The maximum atomic E-state index is 12.7. The van der Waals surface area contributed by atoms with Crippen LogP contribution in [0.2, 0.25) is 5.02 Å². The molecule has 0 aliphatic heterocycles. The van der Waals surface area contributed by atoms with Gasteiger partial charge in [-0.3, -0.25) is 4.79 Å². The first kappa shape index (κ1) is 16.3. The lowest BCUT2D eigenvalue weighted by atomic mass is 10.2. The zero-order valence-corrected chi connectivity index (χ0v) is 13.9. The Balaban J connectivity index is 1.76. The Morgan fingerprint density at radius 3 is 2.67 bits per heavy atom. The van der Waals surface area contributed by atoms with Gasteiger partial charge in [-0.2, -0.15) is 0 Å². The van der Waals surface area contributed by atoms with E-state index in [0.717, 1.165) is 6.42 Å². The molecule has 0 saturated heterocycles. The number of amides is 1. The van der Waals surface area contributed by atoms with Gasteiger partial charge >= 0.3 is 0 Å². The van der Waals surface area contributed by atoms with E-state index in [1.165, 1.54) is 6.26 Å². The summed E-state index contributed by atoms with van der Waals surface area (Å²) >= 11 is 5.87. The Hall–Kier alpha value is -2.60. The lowest BCUT2D eigenvalue weighted by molar-refractivity contribution is 0.0728. The molecule has 0 fully saturated rings. The van der Waals surface area contributed by atoms with Crippen molar-refractivity contribution in [3.05, 3.63) is 59.1 Å². The van der Waals surface area contributed by atoms with E-state index in [2.05, 4.69) is 10.2 Å². The van der Waals surface area contributed by atoms with E-state index in [0.29, 0.717) is 34.7 Å². The number of aromatic nitrogens is 2. The molecule has 0 aliphatic rings. The van der Waals surface area contributed by atoms with E-state index in [-0.39, 0.29) is 12.5 Å². The summed E-state index contributed by atoms with van der Waals surface area (Å²) in [6, 6.07) is 10.3.